The van der Waals surface area contributed by atoms with Crippen molar-refractivity contribution in [3.63, 3.8) is 0 Å². The molecule has 0 atom stereocenters. The third-order valence-corrected chi connectivity index (χ3v) is 0.847. The predicted octanol–water partition coefficient (Wildman–Crippen LogP) is 1.92. The Hall–Kier alpha value is -0.590. The van der Waals surface area contributed by atoms with Gasteiger partial charge in [0.05, 0.1) is 6.21 Å². The van der Waals surface area contributed by atoms with Crippen LogP contribution in [0.25, 0.3) is 0 Å². The van der Waals surface area contributed by atoms with E-state index in [2.05, 4.69) is 11.2 Å². The minimum absolute atomic E-state index is 0.825. The van der Waals surface area contributed by atoms with E-state index >= 15 is 0 Å². The van der Waals surface area contributed by atoms with Crippen LogP contribution in [0.2, 0.25) is 0 Å². The summed E-state index contributed by atoms with van der Waals surface area (Å²) < 4.78 is 0. The molecule has 0 unspecified atom stereocenters. The Morgan fingerprint density at radius 2 is 2.38 bits per heavy atom. The number of hydrogen-bond donors (Lipinski definition) is 0. The van der Waals surface area contributed by atoms with Crippen LogP contribution >= 0.6 is 0 Å². The van der Waals surface area contributed by atoms with Gasteiger partial charge >= 0.3 is 0 Å². The Labute approximate surface area is 51.1 Å². The lowest BCUT2D eigenvalue weighted by atomic mass is 10.3. The molecular weight excluding hydrogens is 98.1 g/mol. The predicted molar refractivity (Wildman–Crippen MR) is 37.4 cm³/mol. The summed E-state index contributed by atoms with van der Waals surface area (Å²) in [4.78, 5) is 3.92. The fourth-order valence-corrected chi connectivity index (χ4v) is 0.268. The van der Waals surface area contributed by atoms with Crippen LogP contribution in [-0.4, -0.2) is 12.8 Å². The molecule has 0 aliphatic carbocycles. The van der Waals surface area contributed by atoms with Crippen molar-refractivity contribution >= 4 is 6.21 Å². The zero-order valence-electron chi connectivity index (χ0n) is 5.73. The minimum Gasteiger partial charge on any atom is -0.283 e. The lowest BCUT2D eigenvalue weighted by Crippen LogP contribution is -1.76. The second-order valence-electron chi connectivity index (χ2n) is 1.56. The molecule has 0 aliphatic rings. The van der Waals surface area contributed by atoms with E-state index in [1.165, 1.54) is 0 Å². The summed E-state index contributed by atoms with van der Waals surface area (Å²) in [5.41, 5.74) is 1.10. The van der Waals surface area contributed by atoms with E-state index in [0.29, 0.717) is 0 Å². The van der Waals surface area contributed by atoms with E-state index in [9.17, 15) is 0 Å². The summed E-state index contributed by atoms with van der Waals surface area (Å²) in [6.07, 6.45) is 4.85. The van der Waals surface area contributed by atoms with Gasteiger partial charge in [-0.05, 0) is 26.3 Å². The molecule has 8 heavy (non-hydrogen) atoms. The van der Waals surface area contributed by atoms with Gasteiger partial charge in [0.15, 0.2) is 0 Å². The Bertz CT molecular complexity index is 101. The summed E-state index contributed by atoms with van der Waals surface area (Å²) in [6, 6.07) is 0. The van der Waals surface area contributed by atoms with E-state index in [4.69, 9.17) is 0 Å². The van der Waals surface area contributed by atoms with Gasteiger partial charge in [-0.1, -0.05) is 6.08 Å². The molecule has 0 N–H and O–H groups in total. The minimum atomic E-state index is 0.825. The van der Waals surface area contributed by atoms with Crippen molar-refractivity contribution < 1.29 is 0 Å². The van der Waals surface area contributed by atoms with Gasteiger partial charge in [0, 0.05) is 6.54 Å². The molecule has 0 rings (SSSR count). The van der Waals surface area contributed by atoms with E-state index in [-0.39, 0.29) is 0 Å². The Morgan fingerprint density at radius 3 is 2.75 bits per heavy atom. The highest BCUT2D eigenvalue weighted by Crippen LogP contribution is 1.84. The van der Waals surface area contributed by atoms with Gasteiger partial charge in [0.25, 0.3) is 0 Å². The fraction of sp³-hybridized carbons (Fsp3) is 0.571. The van der Waals surface area contributed by atoms with Crippen LogP contribution in [0.5, 0.6) is 0 Å². The van der Waals surface area contributed by atoms with Crippen molar-refractivity contribution in [3.8, 4) is 0 Å². The van der Waals surface area contributed by atoms with Crippen LogP contribution in [0.3, 0.4) is 0 Å². The zero-order chi connectivity index (χ0) is 6.41. The maximum Gasteiger partial charge on any atom is 0.0854 e. The Kier molecular flexibility index (Phi) is 4.23. The first-order valence-corrected chi connectivity index (χ1v) is 2.86. The average molecular weight is 110 g/mol. The summed E-state index contributed by atoms with van der Waals surface area (Å²) in [7, 11) is 0. The largest absolute Gasteiger partial charge is 0.283 e. The Balaban J connectivity index is 3.53. The van der Waals surface area contributed by atoms with Gasteiger partial charge in [-0.2, -0.15) is 0 Å². The monoisotopic (exact) mass is 110 g/mol. The van der Waals surface area contributed by atoms with E-state index < -0.39 is 0 Å². The van der Waals surface area contributed by atoms with Crippen molar-refractivity contribution in [2.75, 3.05) is 6.54 Å². The van der Waals surface area contributed by atoms with Crippen LogP contribution in [0, 0.1) is 0 Å². The second kappa shape index (κ2) is 4.57. The van der Waals surface area contributed by atoms with Gasteiger partial charge in [0.1, 0.15) is 0 Å². The summed E-state index contributed by atoms with van der Waals surface area (Å²) >= 11 is 0. The normalized spacial score (nSPS) is 13.1. The van der Waals surface area contributed by atoms with Crippen molar-refractivity contribution in [1.82, 2.24) is 0 Å². The molecule has 0 aliphatic heterocycles. The van der Waals surface area contributed by atoms with Gasteiger partial charge in [-0.25, -0.2) is 0 Å². The zero-order valence-corrected chi connectivity index (χ0v) is 5.73. The summed E-state index contributed by atoms with van der Waals surface area (Å²) in [5, 5.41) is 0. The second-order valence-corrected chi connectivity index (χ2v) is 1.56. The smallest absolute Gasteiger partial charge is 0.0854 e. The molecule has 0 saturated carbocycles. The fourth-order valence-electron chi connectivity index (χ4n) is 0.268. The maximum atomic E-state index is 3.92. The number of nitrogens with zero attached hydrogens (tertiary/aromatic N) is 1. The van der Waals surface area contributed by atoms with Crippen molar-refractivity contribution in [2.24, 2.45) is 4.99 Å². The maximum absolute atomic E-state index is 3.92. The lowest BCUT2D eigenvalue weighted by molar-refractivity contribution is 1.14. The molecule has 0 aromatic heterocycles. The van der Waals surface area contributed by atoms with Crippen LogP contribution in [-0.2, 0) is 0 Å². The SMILES string of the molecule is CC=C(C)/[C]=N/CC. The highest BCUT2D eigenvalue weighted by molar-refractivity contribution is 5.77. The Morgan fingerprint density at radius 1 is 1.75 bits per heavy atom. The molecule has 0 aromatic carbocycles. The van der Waals surface area contributed by atoms with Crippen molar-refractivity contribution in [2.45, 2.75) is 20.8 Å². The third-order valence-electron chi connectivity index (χ3n) is 0.847. The molecule has 0 bridgehead atoms. The number of aliphatic imine (C=N–C) groups is 1. The van der Waals surface area contributed by atoms with Gasteiger partial charge in [-0.3, -0.25) is 4.99 Å². The van der Waals surface area contributed by atoms with E-state index in [1.54, 1.807) is 0 Å². The van der Waals surface area contributed by atoms with Crippen LogP contribution in [0.15, 0.2) is 16.6 Å². The van der Waals surface area contributed by atoms with Gasteiger partial charge in [-0.15, -0.1) is 0 Å². The molecule has 45 valence electrons. The average Bonchev–Trinajstić information content (AvgIpc) is 1.83. The first kappa shape index (κ1) is 7.41. The molecule has 0 heterocycles. The molecule has 0 fully saturated rings. The quantitative estimate of drug-likeness (QED) is 0.481. The van der Waals surface area contributed by atoms with E-state index in [0.717, 1.165) is 12.1 Å². The number of allylic oxidation sites excluding steroid dienone is 2. The topological polar surface area (TPSA) is 12.4 Å². The molecular formula is C7H12N. The molecule has 1 nitrogen and oxygen atoms in total. The first-order chi connectivity index (χ1) is 3.81. The lowest BCUT2D eigenvalue weighted by Gasteiger charge is -1.82. The standard InChI is InChI=1S/C7H12N/c1-4-7(3)6-8-5-2/h4H,5H2,1-3H3. The summed E-state index contributed by atoms with van der Waals surface area (Å²) in [6.45, 7) is 6.79. The van der Waals surface area contributed by atoms with Gasteiger partial charge < -0.3 is 0 Å². The van der Waals surface area contributed by atoms with E-state index in [1.807, 2.05) is 26.8 Å². The van der Waals surface area contributed by atoms with Crippen molar-refractivity contribution in [1.29, 1.82) is 0 Å². The third kappa shape index (κ3) is 3.59. The van der Waals surface area contributed by atoms with Crippen LogP contribution in [0.1, 0.15) is 20.8 Å². The number of rotatable bonds is 2. The molecule has 0 saturated heterocycles. The van der Waals surface area contributed by atoms with Crippen LogP contribution in [0.4, 0.5) is 0 Å². The number of hydrogen-bond acceptors (Lipinski definition) is 1. The van der Waals surface area contributed by atoms with Gasteiger partial charge in [0.2, 0.25) is 0 Å². The van der Waals surface area contributed by atoms with Crippen LogP contribution < -0.4 is 0 Å². The molecule has 1 radical (unpaired) electrons. The summed E-state index contributed by atoms with van der Waals surface area (Å²) in [5.74, 6) is 0. The van der Waals surface area contributed by atoms with Crippen molar-refractivity contribution in [3.05, 3.63) is 11.6 Å². The molecule has 0 spiro atoms. The molecule has 1 heteroatoms. The first-order valence-electron chi connectivity index (χ1n) is 2.86. The molecule has 0 amide bonds. The highest BCUT2D eigenvalue weighted by Gasteiger charge is 1.75. The highest BCUT2D eigenvalue weighted by atomic mass is 14.7. The molecule has 0 aromatic rings.